The molecule has 1 N–H and O–H groups in total. The average Bonchev–Trinajstić information content (AvgIpc) is 2.93. The first-order chi connectivity index (χ1) is 11.2. The Bertz CT molecular complexity index is 846. The molecule has 0 aliphatic carbocycles. The highest BCUT2D eigenvalue weighted by molar-refractivity contribution is 6.02. The van der Waals surface area contributed by atoms with Gasteiger partial charge in [-0.05, 0) is 25.1 Å². The van der Waals surface area contributed by atoms with E-state index in [9.17, 15) is 22.4 Å². The number of halogens is 4. The average molecular weight is 338 g/mol. The lowest BCUT2D eigenvalue weighted by Gasteiger charge is -2.11. The number of hydrogen-bond acceptors (Lipinski definition) is 3. The van der Waals surface area contributed by atoms with Crippen molar-refractivity contribution >= 4 is 17.3 Å². The van der Waals surface area contributed by atoms with Gasteiger partial charge in [0.1, 0.15) is 0 Å². The zero-order chi connectivity index (χ0) is 17.9. The number of carbonyl (C=O) groups is 1. The lowest BCUT2D eigenvalue weighted by molar-refractivity contribution is -0.137. The van der Waals surface area contributed by atoms with Crippen molar-refractivity contribution in [3.63, 3.8) is 0 Å². The Morgan fingerprint density at radius 1 is 1.42 bits per heavy atom. The van der Waals surface area contributed by atoms with Gasteiger partial charge in [-0.15, -0.1) is 0 Å². The van der Waals surface area contributed by atoms with E-state index in [2.05, 4.69) is 10.4 Å². The van der Waals surface area contributed by atoms with Crippen LogP contribution in [0.15, 0.2) is 36.7 Å². The van der Waals surface area contributed by atoms with Crippen molar-refractivity contribution < 1.29 is 22.4 Å². The molecule has 9 heteroatoms. The normalized spacial score (nSPS) is 11.9. The first kappa shape index (κ1) is 17.2. The molecule has 1 aromatic carbocycles. The second-order valence-electron chi connectivity index (χ2n) is 4.75. The molecule has 0 radical (unpaired) electrons. The van der Waals surface area contributed by atoms with Crippen LogP contribution in [-0.2, 0) is 11.0 Å². The maximum atomic E-state index is 12.9. The van der Waals surface area contributed by atoms with Crippen LogP contribution >= 0.6 is 0 Å². The highest BCUT2D eigenvalue weighted by atomic mass is 19.4. The van der Waals surface area contributed by atoms with Gasteiger partial charge in [-0.3, -0.25) is 4.79 Å². The van der Waals surface area contributed by atoms with Crippen molar-refractivity contribution in [3.8, 4) is 6.07 Å². The predicted molar refractivity (Wildman–Crippen MR) is 76.9 cm³/mol. The zero-order valence-electron chi connectivity index (χ0n) is 12.2. The van der Waals surface area contributed by atoms with Gasteiger partial charge >= 0.3 is 6.18 Å². The molecule has 0 saturated carbocycles. The van der Waals surface area contributed by atoms with Crippen molar-refractivity contribution in [1.82, 2.24) is 9.78 Å². The van der Waals surface area contributed by atoms with Crippen LogP contribution in [0.25, 0.3) is 5.70 Å². The summed E-state index contributed by atoms with van der Waals surface area (Å²) < 4.78 is 52.6. The summed E-state index contributed by atoms with van der Waals surface area (Å²) in [6.07, 6.45) is -1.67. The van der Waals surface area contributed by atoms with Crippen molar-refractivity contribution in [2.45, 2.75) is 13.1 Å². The summed E-state index contributed by atoms with van der Waals surface area (Å²) in [5.41, 5.74) is -1.54. The number of nitrogens with zero attached hydrogens (tertiary/aromatic N) is 3. The van der Waals surface area contributed by atoms with Crippen LogP contribution in [0.1, 0.15) is 18.1 Å². The fraction of sp³-hybridized carbons (Fsp3) is 0.133. The summed E-state index contributed by atoms with van der Waals surface area (Å²) in [6, 6.07) is 4.27. The Labute approximate surface area is 133 Å². The molecular weight excluding hydrogens is 328 g/mol. The third-order valence-corrected chi connectivity index (χ3v) is 2.97. The van der Waals surface area contributed by atoms with E-state index < -0.39 is 29.0 Å². The van der Waals surface area contributed by atoms with E-state index in [4.69, 9.17) is 5.26 Å². The van der Waals surface area contributed by atoms with Crippen LogP contribution in [0.5, 0.6) is 0 Å². The fourth-order valence-corrected chi connectivity index (χ4v) is 1.88. The quantitative estimate of drug-likeness (QED) is 0.689. The monoisotopic (exact) mass is 338 g/mol. The summed E-state index contributed by atoms with van der Waals surface area (Å²) in [7, 11) is 0. The van der Waals surface area contributed by atoms with Crippen LogP contribution in [-0.4, -0.2) is 15.7 Å². The number of nitrogens with one attached hydrogen (secondary N) is 1. The third-order valence-electron chi connectivity index (χ3n) is 2.97. The molecule has 0 spiro atoms. The number of amides is 1. The Morgan fingerprint density at radius 3 is 2.67 bits per heavy atom. The number of benzene rings is 1. The van der Waals surface area contributed by atoms with Crippen LogP contribution in [0.4, 0.5) is 23.2 Å². The van der Waals surface area contributed by atoms with Crippen LogP contribution in [0.2, 0.25) is 0 Å². The number of hydrogen-bond donors (Lipinski definition) is 1. The summed E-state index contributed by atoms with van der Waals surface area (Å²) >= 11 is 0. The van der Waals surface area contributed by atoms with Crippen LogP contribution in [0, 0.1) is 17.1 Å². The van der Waals surface area contributed by atoms with E-state index in [0.29, 0.717) is 6.07 Å². The van der Waals surface area contributed by atoms with Crippen LogP contribution < -0.4 is 5.32 Å². The lowest BCUT2D eigenvalue weighted by atomic mass is 10.1. The van der Waals surface area contributed by atoms with Gasteiger partial charge in [-0.25, -0.2) is 9.07 Å². The molecule has 0 fully saturated rings. The van der Waals surface area contributed by atoms with Gasteiger partial charge in [0.15, 0.2) is 5.82 Å². The van der Waals surface area contributed by atoms with E-state index in [1.807, 2.05) is 0 Å². The molecule has 0 aliphatic heterocycles. The smallest absolute Gasteiger partial charge is 0.322 e. The topological polar surface area (TPSA) is 70.7 Å². The third kappa shape index (κ3) is 3.98. The van der Waals surface area contributed by atoms with E-state index in [0.717, 1.165) is 29.2 Å². The molecule has 2 aromatic rings. The summed E-state index contributed by atoms with van der Waals surface area (Å²) in [5, 5.41) is 14.6. The van der Waals surface area contributed by atoms with Gasteiger partial charge in [0.05, 0.1) is 29.6 Å². The van der Waals surface area contributed by atoms with E-state index in [1.165, 1.54) is 19.1 Å². The second kappa shape index (κ2) is 6.54. The summed E-state index contributed by atoms with van der Waals surface area (Å²) in [5.74, 6) is -1.31. The van der Waals surface area contributed by atoms with Crippen LogP contribution in [0.3, 0.4) is 0 Å². The van der Waals surface area contributed by atoms with Crippen molar-refractivity contribution in [1.29, 1.82) is 5.26 Å². The zero-order valence-corrected chi connectivity index (χ0v) is 12.2. The largest absolute Gasteiger partial charge is 0.417 e. The SMILES string of the molecule is C/C(=C/C(=O)Nc1ccc(C#N)c(C(F)(F)F)c1)n1cc(F)cn1. The van der Waals surface area contributed by atoms with Gasteiger partial charge in [0, 0.05) is 17.5 Å². The molecule has 0 atom stereocenters. The van der Waals surface area contributed by atoms with Gasteiger partial charge < -0.3 is 5.32 Å². The predicted octanol–water partition coefficient (Wildman–Crippen LogP) is 3.41. The maximum Gasteiger partial charge on any atom is 0.417 e. The minimum Gasteiger partial charge on any atom is -0.322 e. The van der Waals surface area contributed by atoms with Crippen molar-refractivity contribution in [3.05, 3.63) is 53.6 Å². The number of nitriles is 1. The molecular formula is C15H10F4N4O. The number of alkyl halides is 3. The minimum atomic E-state index is -4.72. The molecule has 5 nitrogen and oxygen atoms in total. The Kier molecular flexibility index (Phi) is 4.69. The number of anilines is 1. The number of allylic oxidation sites excluding steroid dienone is 1. The molecule has 1 heterocycles. The van der Waals surface area contributed by atoms with Gasteiger partial charge in [-0.1, -0.05) is 0 Å². The molecule has 0 bridgehead atoms. The van der Waals surface area contributed by atoms with Gasteiger partial charge in [0.25, 0.3) is 0 Å². The van der Waals surface area contributed by atoms with Gasteiger partial charge in [-0.2, -0.15) is 23.5 Å². The fourth-order valence-electron chi connectivity index (χ4n) is 1.88. The molecule has 24 heavy (non-hydrogen) atoms. The molecule has 2 rings (SSSR count). The second-order valence-corrected chi connectivity index (χ2v) is 4.75. The molecule has 0 aliphatic rings. The lowest BCUT2D eigenvalue weighted by Crippen LogP contribution is -2.13. The summed E-state index contributed by atoms with van der Waals surface area (Å²) in [6.45, 7) is 1.48. The highest BCUT2D eigenvalue weighted by Crippen LogP contribution is 2.33. The number of carbonyl (C=O) groups excluding carboxylic acids is 1. The van der Waals surface area contributed by atoms with Crippen molar-refractivity contribution in [2.75, 3.05) is 5.32 Å². The number of aromatic nitrogens is 2. The Balaban J connectivity index is 2.22. The highest BCUT2D eigenvalue weighted by Gasteiger charge is 2.33. The maximum absolute atomic E-state index is 12.9. The first-order valence-electron chi connectivity index (χ1n) is 6.52. The Morgan fingerprint density at radius 2 is 2.12 bits per heavy atom. The van der Waals surface area contributed by atoms with E-state index >= 15 is 0 Å². The van der Waals surface area contributed by atoms with Gasteiger partial charge in [0.2, 0.25) is 5.91 Å². The standard InChI is InChI=1S/C15H10F4N4O/c1-9(23-8-11(16)7-21-23)4-14(24)22-12-3-2-10(6-20)13(5-12)15(17,18)19/h2-5,7-8H,1H3,(H,22,24)/b9-4-. The minimum absolute atomic E-state index is 0.123. The summed E-state index contributed by atoms with van der Waals surface area (Å²) in [4.78, 5) is 11.8. The molecule has 0 saturated heterocycles. The molecule has 124 valence electrons. The van der Waals surface area contributed by atoms with Crippen molar-refractivity contribution in [2.24, 2.45) is 0 Å². The molecule has 1 aromatic heterocycles. The first-order valence-corrected chi connectivity index (χ1v) is 6.52. The number of rotatable bonds is 3. The molecule has 1 amide bonds. The molecule has 0 unspecified atom stereocenters. The van der Waals surface area contributed by atoms with E-state index in [1.54, 1.807) is 0 Å². The van der Waals surface area contributed by atoms with E-state index in [-0.39, 0.29) is 11.4 Å². The Hall–Kier alpha value is -3.15.